The third-order valence-corrected chi connectivity index (χ3v) is 4.67. The summed E-state index contributed by atoms with van der Waals surface area (Å²) in [6, 6.07) is 17.2. The van der Waals surface area contributed by atoms with E-state index in [1.165, 1.54) is 5.56 Å². The number of carbonyl (C=O) groups excluding carboxylic acids is 2. The Morgan fingerprint density at radius 3 is 2.43 bits per heavy atom. The molecule has 0 fully saturated rings. The Labute approximate surface area is 165 Å². The lowest BCUT2D eigenvalue weighted by Crippen LogP contribution is -2.30. The molecular formula is C23H24N2O3. The van der Waals surface area contributed by atoms with Crippen LogP contribution in [0.15, 0.2) is 54.6 Å². The average Bonchev–Trinajstić information content (AvgIpc) is 2.71. The van der Waals surface area contributed by atoms with Crippen LogP contribution in [-0.4, -0.2) is 35.4 Å². The maximum atomic E-state index is 12.5. The lowest BCUT2D eigenvalue weighted by molar-refractivity contribution is -0.133. The molecule has 0 atom stereocenters. The lowest BCUT2D eigenvalue weighted by atomic mass is 10.1. The minimum Gasteiger partial charge on any atom is -0.452 e. The Balaban J connectivity index is 1.63. The van der Waals surface area contributed by atoms with Crippen LogP contribution in [0.2, 0.25) is 0 Å². The number of rotatable bonds is 6. The number of pyridine rings is 1. The Kier molecular flexibility index (Phi) is 6.04. The van der Waals surface area contributed by atoms with Crippen LogP contribution in [0.4, 0.5) is 0 Å². The van der Waals surface area contributed by atoms with Gasteiger partial charge in [-0.25, -0.2) is 4.79 Å². The van der Waals surface area contributed by atoms with Crippen LogP contribution in [0.1, 0.15) is 34.1 Å². The smallest absolute Gasteiger partial charge is 0.339 e. The third-order valence-electron chi connectivity index (χ3n) is 4.67. The van der Waals surface area contributed by atoms with Gasteiger partial charge in [0.15, 0.2) is 6.61 Å². The standard InChI is InChI=1S/C23H24N2O3/c1-4-17-9-11-18(12-10-17)14-25(3)22(26)15-28-23(27)20-13-16(2)24-21-8-6-5-7-19(20)21/h5-13H,4,14-15H2,1-3H3. The Bertz CT molecular complexity index is 996. The minimum absolute atomic E-state index is 0.247. The first kappa shape index (κ1) is 19.5. The van der Waals surface area contributed by atoms with E-state index in [2.05, 4.69) is 24.0 Å². The second-order valence-corrected chi connectivity index (χ2v) is 6.82. The highest BCUT2D eigenvalue weighted by Crippen LogP contribution is 2.19. The second kappa shape index (κ2) is 8.65. The van der Waals surface area contributed by atoms with Gasteiger partial charge in [0.2, 0.25) is 0 Å². The summed E-state index contributed by atoms with van der Waals surface area (Å²) in [5.41, 5.74) is 4.17. The van der Waals surface area contributed by atoms with Gasteiger partial charge in [-0.1, -0.05) is 49.4 Å². The number of aryl methyl sites for hydroxylation is 2. The molecule has 0 radical (unpaired) electrons. The van der Waals surface area contributed by atoms with E-state index in [4.69, 9.17) is 4.74 Å². The number of carbonyl (C=O) groups is 2. The Morgan fingerprint density at radius 2 is 1.71 bits per heavy atom. The quantitative estimate of drug-likeness (QED) is 0.612. The van der Waals surface area contributed by atoms with E-state index in [1.807, 2.05) is 43.3 Å². The summed E-state index contributed by atoms with van der Waals surface area (Å²) in [5, 5.41) is 0.718. The van der Waals surface area contributed by atoms with Crippen LogP contribution >= 0.6 is 0 Å². The Morgan fingerprint density at radius 1 is 1.04 bits per heavy atom. The summed E-state index contributed by atoms with van der Waals surface area (Å²) in [7, 11) is 1.70. The molecular weight excluding hydrogens is 352 g/mol. The third kappa shape index (κ3) is 4.55. The van der Waals surface area contributed by atoms with Crippen molar-refractivity contribution in [3.05, 3.63) is 77.0 Å². The molecule has 1 amide bonds. The van der Waals surface area contributed by atoms with Gasteiger partial charge < -0.3 is 9.64 Å². The summed E-state index contributed by atoms with van der Waals surface area (Å²) in [4.78, 5) is 30.9. The molecule has 1 aromatic heterocycles. The summed E-state index contributed by atoms with van der Waals surface area (Å²) in [6.07, 6.45) is 0.980. The summed E-state index contributed by atoms with van der Waals surface area (Å²) >= 11 is 0. The number of hydrogen-bond donors (Lipinski definition) is 0. The van der Waals surface area contributed by atoms with E-state index in [-0.39, 0.29) is 12.5 Å². The highest BCUT2D eigenvalue weighted by atomic mass is 16.5. The molecule has 0 bridgehead atoms. The SMILES string of the molecule is CCc1ccc(CN(C)C(=O)COC(=O)c2cc(C)nc3ccccc23)cc1. The molecule has 5 nitrogen and oxygen atoms in total. The molecule has 0 saturated heterocycles. The normalized spacial score (nSPS) is 10.7. The molecule has 2 aromatic carbocycles. The molecule has 0 aliphatic carbocycles. The van der Waals surface area contributed by atoms with Gasteiger partial charge in [0, 0.05) is 24.7 Å². The van der Waals surface area contributed by atoms with E-state index in [0.717, 1.165) is 28.6 Å². The minimum atomic E-state index is -0.518. The van der Waals surface area contributed by atoms with Crippen LogP contribution in [0.5, 0.6) is 0 Å². The van der Waals surface area contributed by atoms with Gasteiger partial charge in [-0.3, -0.25) is 9.78 Å². The van der Waals surface area contributed by atoms with Crippen LogP contribution in [0.3, 0.4) is 0 Å². The molecule has 5 heteroatoms. The topological polar surface area (TPSA) is 59.5 Å². The number of fused-ring (bicyclic) bond motifs is 1. The highest BCUT2D eigenvalue weighted by Gasteiger charge is 2.16. The van der Waals surface area contributed by atoms with E-state index in [1.54, 1.807) is 18.0 Å². The van der Waals surface area contributed by atoms with Crippen molar-refractivity contribution in [3.8, 4) is 0 Å². The molecule has 28 heavy (non-hydrogen) atoms. The van der Waals surface area contributed by atoms with Crippen molar-refractivity contribution >= 4 is 22.8 Å². The number of aromatic nitrogens is 1. The van der Waals surface area contributed by atoms with E-state index >= 15 is 0 Å². The van der Waals surface area contributed by atoms with Crippen molar-refractivity contribution in [1.29, 1.82) is 0 Å². The van der Waals surface area contributed by atoms with Crippen molar-refractivity contribution in [1.82, 2.24) is 9.88 Å². The predicted octanol–water partition coefficient (Wildman–Crippen LogP) is 3.92. The van der Waals surface area contributed by atoms with Crippen molar-refractivity contribution in [2.24, 2.45) is 0 Å². The molecule has 144 valence electrons. The molecule has 0 spiro atoms. The second-order valence-electron chi connectivity index (χ2n) is 6.82. The maximum Gasteiger partial charge on any atom is 0.339 e. The largest absolute Gasteiger partial charge is 0.452 e. The van der Waals surface area contributed by atoms with Gasteiger partial charge in [-0.05, 0) is 36.6 Å². The van der Waals surface area contributed by atoms with Gasteiger partial charge in [-0.2, -0.15) is 0 Å². The average molecular weight is 376 g/mol. The first-order valence-electron chi connectivity index (χ1n) is 9.33. The monoisotopic (exact) mass is 376 g/mol. The lowest BCUT2D eigenvalue weighted by Gasteiger charge is -2.17. The molecule has 3 aromatic rings. The zero-order valence-corrected chi connectivity index (χ0v) is 16.4. The molecule has 1 heterocycles. The summed E-state index contributed by atoms with van der Waals surface area (Å²) in [6.45, 7) is 4.11. The van der Waals surface area contributed by atoms with Crippen LogP contribution in [0.25, 0.3) is 10.9 Å². The number of benzene rings is 2. The van der Waals surface area contributed by atoms with Crippen LogP contribution in [-0.2, 0) is 22.5 Å². The van der Waals surface area contributed by atoms with Gasteiger partial charge in [0.1, 0.15) is 0 Å². The van der Waals surface area contributed by atoms with E-state index < -0.39 is 5.97 Å². The van der Waals surface area contributed by atoms with Gasteiger partial charge in [0.05, 0.1) is 11.1 Å². The summed E-state index contributed by atoms with van der Waals surface area (Å²) < 4.78 is 5.29. The van der Waals surface area contributed by atoms with Crippen molar-refractivity contribution in [2.75, 3.05) is 13.7 Å². The van der Waals surface area contributed by atoms with Gasteiger partial charge in [-0.15, -0.1) is 0 Å². The first-order chi connectivity index (χ1) is 13.5. The first-order valence-corrected chi connectivity index (χ1v) is 9.33. The molecule has 0 unspecified atom stereocenters. The molecule has 0 N–H and O–H groups in total. The number of nitrogens with zero attached hydrogens (tertiary/aromatic N) is 2. The van der Waals surface area contributed by atoms with Crippen molar-refractivity contribution in [3.63, 3.8) is 0 Å². The molecule has 0 saturated carbocycles. The number of amides is 1. The number of para-hydroxylation sites is 1. The zero-order chi connectivity index (χ0) is 20.1. The fourth-order valence-electron chi connectivity index (χ4n) is 3.03. The van der Waals surface area contributed by atoms with E-state index in [9.17, 15) is 9.59 Å². The predicted molar refractivity (Wildman–Crippen MR) is 109 cm³/mol. The zero-order valence-electron chi connectivity index (χ0n) is 16.4. The molecule has 0 aliphatic heterocycles. The van der Waals surface area contributed by atoms with E-state index in [0.29, 0.717) is 12.1 Å². The van der Waals surface area contributed by atoms with Crippen LogP contribution < -0.4 is 0 Å². The fourth-order valence-corrected chi connectivity index (χ4v) is 3.03. The maximum absolute atomic E-state index is 12.5. The Hall–Kier alpha value is -3.21. The fraction of sp³-hybridized carbons (Fsp3) is 0.261. The van der Waals surface area contributed by atoms with Gasteiger partial charge in [0.25, 0.3) is 5.91 Å². The number of likely N-dealkylation sites (N-methyl/N-ethyl adjacent to an activating group) is 1. The van der Waals surface area contributed by atoms with Crippen LogP contribution in [0, 0.1) is 6.92 Å². The van der Waals surface area contributed by atoms with Gasteiger partial charge >= 0.3 is 5.97 Å². The number of hydrogen-bond acceptors (Lipinski definition) is 4. The number of esters is 1. The summed E-state index contributed by atoms with van der Waals surface area (Å²) in [5.74, 6) is -0.765. The number of ether oxygens (including phenoxy) is 1. The highest BCUT2D eigenvalue weighted by molar-refractivity contribution is 6.04. The van der Waals surface area contributed by atoms with Crippen molar-refractivity contribution in [2.45, 2.75) is 26.8 Å². The van der Waals surface area contributed by atoms with Crippen molar-refractivity contribution < 1.29 is 14.3 Å². The molecule has 3 rings (SSSR count). The molecule has 0 aliphatic rings.